The molecule has 0 spiro atoms. The lowest BCUT2D eigenvalue weighted by Crippen LogP contribution is -2.25. The fraction of sp³-hybridized carbons (Fsp3) is 0.0417. The number of rotatable bonds is 6. The van der Waals surface area contributed by atoms with Gasteiger partial charge in [-0.3, -0.25) is 10.4 Å². The number of hydrogen-bond acceptors (Lipinski definition) is 3. The summed E-state index contributed by atoms with van der Waals surface area (Å²) in [5, 5.41) is 3.21. The molecular weight excluding hydrogens is 433 g/mol. The van der Waals surface area contributed by atoms with Gasteiger partial charge in [-0.2, -0.15) is 0 Å². The third-order valence-corrected chi connectivity index (χ3v) is 5.94. The number of hydrogen-bond donors (Lipinski definition) is 1. The topological polar surface area (TPSA) is 29.3 Å². The first-order valence-electron chi connectivity index (χ1n) is 9.33. The Bertz CT molecular complexity index is 1230. The van der Waals surface area contributed by atoms with Crippen LogP contribution in [-0.4, -0.2) is 4.68 Å². The summed E-state index contributed by atoms with van der Waals surface area (Å²) in [4.78, 5) is 5.64. The van der Waals surface area contributed by atoms with E-state index in [0.29, 0.717) is 16.6 Å². The number of nitrogens with one attached hydrogen (secondary N) is 1. The molecule has 150 valence electrons. The van der Waals surface area contributed by atoms with Crippen LogP contribution in [0.4, 0.5) is 0 Å². The second kappa shape index (κ2) is 9.35. The molecule has 0 aliphatic heterocycles. The highest BCUT2D eigenvalue weighted by atomic mass is 35.5. The lowest BCUT2D eigenvalue weighted by molar-refractivity contribution is 0.878. The number of aromatic nitrogens is 1. The standard InChI is InChI=1S/C24H19Cl2N3S/c1-17(19-10-6-3-7-11-19)28-29-23(21-13-12-20(25)14-22(21)26)16-30-24(29)27-15-18-8-4-2-5-9-18/h2-14,16,28H,1,15H2. The van der Waals surface area contributed by atoms with Crippen molar-refractivity contribution in [3.63, 3.8) is 0 Å². The van der Waals surface area contributed by atoms with Crippen LogP contribution in [0.2, 0.25) is 10.0 Å². The highest BCUT2D eigenvalue weighted by Gasteiger charge is 2.13. The van der Waals surface area contributed by atoms with Crippen LogP contribution in [0.5, 0.6) is 0 Å². The third-order valence-electron chi connectivity index (χ3n) is 4.52. The number of thiazole rings is 1. The predicted octanol–water partition coefficient (Wildman–Crippen LogP) is 6.84. The third kappa shape index (κ3) is 4.68. The maximum Gasteiger partial charge on any atom is 0.204 e. The van der Waals surface area contributed by atoms with E-state index in [1.165, 1.54) is 0 Å². The van der Waals surface area contributed by atoms with E-state index in [9.17, 15) is 0 Å². The summed E-state index contributed by atoms with van der Waals surface area (Å²) in [5.41, 5.74) is 8.07. The quantitative estimate of drug-likeness (QED) is 0.341. The Balaban J connectivity index is 1.76. The molecule has 0 amide bonds. The van der Waals surface area contributed by atoms with Crippen molar-refractivity contribution in [1.82, 2.24) is 4.68 Å². The largest absolute Gasteiger partial charge is 0.292 e. The molecule has 1 aromatic heterocycles. The van der Waals surface area contributed by atoms with Gasteiger partial charge in [-0.1, -0.05) is 90.4 Å². The summed E-state index contributed by atoms with van der Waals surface area (Å²) >= 11 is 14.1. The van der Waals surface area contributed by atoms with Gasteiger partial charge in [0.15, 0.2) is 0 Å². The minimum atomic E-state index is 0.578. The van der Waals surface area contributed by atoms with Crippen LogP contribution in [0.1, 0.15) is 11.1 Å². The fourth-order valence-electron chi connectivity index (χ4n) is 3.00. The van der Waals surface area contributed by atoms with E-state index in [1.807, 2.05) is 70.7 Å². The maximum absolute atomic E-state index is 6.50. The summed E-state index contributed by atoms with van der Waals surface area (Å²) in [6, 6.07) is 25.6. The number of benzene rings is 3. The zero-order chi connectivity index (χ0) is 20.9. The Morgan fingerprint density at radius 3 is 2.37 bits per heavy atom. The molecule has 1 N–H and O–H groups in total. The Hall–Kier alpha value is -2.79. The van der Waals surface area contributed by atoms with Gasteiger partial charge in [0.1, 0.15) is 0 Å². The SMILES string of the molecule is C=C(Nn1c(-c2ccc(Cl)cc2Cl)csc1=NCc1ccccc1)c1ccccc1. The van der Waals surface area contributed by atoms with Crippen molar-refractivity contribution in [3.05, 3.63) is 117 Å². The van der Waals surface area contributed by atoms with Crippen molar-refractivity contribution in [3.8, 4) is 11.3 Å². The molecule has 0 atom stereocenters. The average molecular weight is 452 g/mol. The van der Waals surface area contributed by atoms with Crippen LogP contribution in [0.15, 0.2) is 95.8 Å². The van der Waals surface area contributed by atoms with Crippen molar-refractivity contribution < 1.29 is 0 Å². The van der Waals surface area contributed by atoms with Crippen molar-refractivity contribution in [1.29, 1.82) is 0 Å². The molecule has 3 nitrogen and oxygen atoms in total. The highest BCUT2D eigenvalue weighted by molar-refractivity contribution is 7.07. The van der Waals surface area contributed by atoms with Crippen LogP contribution >= 0.6 is 34.5 Å². The first kappa shape index (κ1) is 20.5. The molecule has 0 aliphatic rings. The van der Waals surface area contributed by atoms with Crippen molar-refractivity contribution in [2.24, 2.45) is 4.99 Å². The van der Waals surface area contributed by atoms with E-state index in [0.717, 1.165) is 32.9 Å². The molecule has 4 aromatic rings. The molecule has 0 saturated carbocycles. The lowest BCUT2D eigenvalue weighted by atomic mass is 10.1. The molecule has 4 rings (SSSR count). The van der Waals surface area contributed by atoms with Gasteiger partial charge in [0.2, 0.25) is 4.80 Å². The second-order valence-electron chi connectivity index (χ2n) is 6.62. The molecule has 1 heterocycles. The van der Waals surface area contributed by atoms with Gasteiger partial charge in [0.05, 0.1) is 23.0 Å². The Labute approximate surface area is 189 Å². The molecule has 0 bridgehead atoms. The average Bonchev–Trinajstić information content (AvgIpc) is 3.15. The first-order valence-corrected chi connectivity index (χ1v) is 11.0. The molecule has 6 heteroatoms. The van der Waals surface area contributed by atoms with E-state index in [2.05, 4.69) is 24.1 Å². The van der Waals surface area contributed by atoms with Crippen molar-refractivity contribution >= 4 is 40.2 Å². The predicted molar refractivity (Wildman–Crippen MR) is 128 cm³/mol. The summed E-state index contributed by atoms with van der Waals surface area (Å²) in [7, 11) is 0. The van der Waals surface area contributed by atoms with Crippen LogP contribution in [0.3, 0.4) is 0 Å². The van der Waals surface area contributed by atoms with Crippen molar-refractivity contribution in [2.75, 3.05) is 5.43 Å². The summed E-state index contributed by atoms with van der Waals surface area (Å²) in [5.74, 6) is 0. The van der Waals surface area contributed by atoms with Crippen LogP contribution < -0.4 is 10.2 Å². The van der Waals surface area contributed by atoms with Gasteiger partial charge in [-0.25, -0.2) is 4.68 Å². The Morgan fingerprint density at radius 2 is 1.67 bits per heavy atom. The minimum Gasteiger partial charge on any atom is -0.292 e. The molecule has 0 unspecified atom stereocenters. The molecule has 0 fully saturated rings. The van der Waals surface area contributed by atoms with Gasteiger partial charge >= 0.3 is 0 Å². The summed E-state index contributed by atoms with van der Waals surface area (Å²) < 4.78 is 1.93. The molecular formula is C24H19Cl2N3S. The monoisotopic (exact) mass is 451 g/mol. The Morgan fingerprint density at radius 1 is 0.967 bits per heavy atom. The zero-order valence-corrected chi connectivity index (χ0v) is 18.4. The van der Waals surface area contributed by atoms with Crippen LogP contribution in [0.25, 0.3) is 17.0 Å². The number of halogens is 2. The molecule has 0 aliphatic carbocycles. The lowest BCUT2D eigenvalue weighted by Gasteiger charge is -2.15. The highest BCUT2D eigenvalue weighted by Crippen LogP contribution is 2.30. The molecule has 0 radical (unpaired) electrons. The summed E-state index contributed by atoms with van der Waals surface area (Å²) in [6.45, 7) is 4.79. The number of nitrogens with zero attached hydrogens (tertiary/aromatic N) is 2. The summed E-state index contributed by atoms with van der Waals surface area (Å²) in [6.07, 6.45) is 0. The second-order valence-corrected chi connectivity index (χ2v) is 8.30. The minimum absolute atomic E-state index is 0.578. The molecule has 0 saturated heterocycles. The first-order chi connectivity index (χ1) is 14.6. The van der Waals surface area contributed by atoms with E-state index in [-0.39, 0.29) is 0 Å². The Kier molecular flexibility index (Phi) is 6.38. The molecule has 30 heavy (non-hydrogen) atoms. The van der Waals surface area contributed by atoms with Gasteiger partial charge < -0.3 is 0 Å². The van der Waals surface area contributed by atoms with Gasteiger partial charge in [0.25, 0.3) is 0 Å². The van der Waals surface area contributed by atoms with Crippen molar-refractivity contribution in [2.45, 2.75) is 6.54 Å². The van der Waals surface area contributed by atoms with E-state index in [1.54, 1.807) is 17.4 Å². The maximum atomic E-state index is 6.50. The van der Waals surface area contributed by atoms with E-state index in [4.69, 9.17) is 28.2 Å². The van der Waals surface area contributed by atoms with Crippen LogP contribution in [0, 0.1) is 0 Å². The zero-order valence-electron chi connectivity index (χ0n) is 16.1. The van der Waals surface area contributed by atoms with Gasteiger partial charge in [0, 0.05) is 16.0 Å². The van der Waals surface area contributed by atoms with Crippen LogP contribution in [-0.2, 0) is 6.54 Å². The van der Waals surface area contributed by atoms with Gasteiger partial charge in [-0.05, 0) is 29.3 Å². The smallest absolute Gasteiger partial charge is 0.204 e. The van der Waals surface area contributed by atoms with E-state index >= 15 is 0 Å². The van der Waals surface area contributed by atoms with E-state index < -0.39 is 0 Å². The van der Waals surface area contributed by atoms with Gasteiger partial charge in [-0.15, -0.1) is 11.3 Å². The molecule has 3 aromatic carbocycles. The normalized spacial score (nSPS) is 11.5. The fourth-order valence-corrected chi connectivity index (χ4v) is 4.34.